The summed E-state index contributed by atoms with van der Waals surface area (Å²) in [6, 6.07) is 0. The molecule has 0 fully saturated rings. The lowest BCUT2D eigenvalue weighted by Crippen LogP contribution is -2.19. The smallest absolute Gasteiger partial charge is 0.390 e. The van der Waals surface area contributed by atoms with Crippen LogP contribution >= 0.6 is 0 Å². The fourth-order valence-electron chi connectivity index (χ4n) is 1.47. The van der Waals surface area contributed by atoms with Crippen LogP contribution in [0.25, 0.3) is 0 Å². The molecule has 8 heteroatoms. The van der Waals surface area contributed by atoms with Crippen LogP contribution in [0.4, 0.5) is 22.0 Å². The molecular weight excluding hydrogens is 247 g/mol. The van der Waals surface area contributed by atoms with Crippen molar-refractivity contribution < 1.29 is 27.1 Å². The zero-order valence-electron chi connectivity index (χ0n) is 8.43. The van der Waals surface area contributed by atoms with Crippen molar-refractivity contribution in [1.29, 1.82) is 0 Å². The highest BCUT2D eigenvalue weighted by Gasteiger charge is 2.38. The summed E-state index contributed by atoms with van der Waals surface area (Å²) in [4.78, 5) is 3.19. The Morgan fingerprint density at radius 1 is 1.35 bits per heavy atom. The number of nitrogens with zero attached hydrogens (tertiary/aromatic N) is 1. The lowest BCUT2D eigenvalue weighted by atomic mass is 10.0. The molecule has 0 saturated carbocycles. The fourth-order valence-corrected chi connectivity index (χ4v) is 1.47. The fraction of sp³-hybridized carbons (Fsp3) is 0.444. The highest BCUT2D eigenvalue weighted by molar-refractivity contribution is 5.39. The third-order valence-corrected chi connectivity index (χ3v) is 2.17. The second-order valence-electron chi connectivity index (χ2n) is 3.17. The van der Waals surface area contributed by atoms with E-state index in [0.717, 1.165) is 0 Å². The van der Waals surface area contributed by atoms with Gasteiger partial charge in [-0.1, -0.05) is 0 Å². The molecule has 0 radical (unpaired) electrons. The predicted molar refractivity (Wildman–Crippen MR) is 48.0 cm³/mol. The Bertz CT molecular complexity index is 405. The zero-order valence-corrected chi connectivity index (χ0v) is 8.43. The first-order valence-electron chi connectivity index (χ1n) is 4.49. The van der Waals surface area contributed by atoms with Gasteiger partial charge in [-0.25, -0.2) is 8.78 Å². The van der Waals surface area contributed by atoms with Crippen molar-refractivity contribution >= 4 is 0 Å². The van der Waals surface area contributed by atoms with Gasteiger partial charge in [0.15, 0.2) is 0 Å². The van der Waals surface area contributed by atoms with Crippen LogP contribution in [0.2, 0.25) is 0 Å². The number of aliphatic hydroxyl groups excluding tert-OH is 1. The van der Waals surface area contributed by atoms with Gasteiger partial charge in [0.05, 0.1) is 17.9 Å². The van der Waals surface area contributed by atoms with Gasteiger partial charge < -0.3 is 10.8 Å². The summed E-state index contributed by atoms with van der Waals surface area (Å²) < 4.78 is 63.0. The number of pyridine rings is 1. The minimum Gasteiger partial charge on any atom is -0.390 e. The predicted octanol–water partition coefficient (Wildman–Crippen LogP) is 1.99. The van der Waals surface area contributed by atoms with Gasteiger partial charge in [0.1, 0.15) is 0 Å². The van der Waals surface area contributed by atoms with Crippen molar-refractivity contribution in [2.24, 2.45) is 5.73 Å². The average Bonchev–Trinajstić information content (AvgIpc) is 2.25. The molecule has 0 aromatic carbocycles. The molecule has 0 unspecified atom stereocenters. The van der Waals surface area contributed by atoms with Crippen molar-refractivity contribution in [3.8, 4) is 0 Å². The van der Waals surface area contributed by atoms with Crippen LogP contribution < -0.4 is 5.73 Å². The first-order valence-corrected chi connectivity index (χ1v) is 4.49. The highest BCUT2D eigenvalue weighted by Crippen LogP contribution is 2.37. The average molecular weight is 256 g/mol. The van der Waals surface area contributed by atoms with E-state index < -0.39 is 48.1 Å². The van der Waals surface area contributed by atoms with Crippen LogP contribution in [0.1, 0.15) is 28.8 Å². The Hall–Kier alpha value is -1.28. The van der Waals surface area contributed by atoms with Crippen molar-refractivity contribution in [2.45, 2.75) is 25.8 Å². The maximum Gasteiger partial charge on any atom is 0.418 e. The van der Waals surface area contributed by atoms with Crippen molar-refractivity contribution in [3.63, 3.8) is 0 Å². The SMILES string of the molecule is NCc1c(C(F)F)cnc(CO)c1C(F)(F)F. The van der Waals surface area contributed by atoms with E-state index in [9.17, 15) is 22.0 Å². The molecule has 17 heavy (non-hydrogen) atoms. The van der Waals surface area contributed by atoms with Crippen LogP contribution in [0.15, 0.2) is 6.20 Å². The maximum absolute atomic E-state index is 12.7. The van der Waals surface area contributed by atoms with E-state index in [4.69, 9.17) is 10.8 Å². The molecule has 96 valence electrons. The molecular formula is C9H9F5N2O. The Morgan fingerprint density at radius 3 is 2.29 bits per heavy atom. The molecule has 0 bridgehead atoms. The van der Waals surface area contributed by atoms with Crippen LogP contribution in [-0.2, 0) is 19.3 Å². The standard InChI is InChI=1S/C9H9F5N2O/c10-8(11)5-2-16-6(3-17)7(4(5)1-15)9(12,13)14/h2,8,17H,1,3,15H2. The third kappa shape index (κ3) is 2.70. The molecule has 0 spiro atoms. The number of aliphatic hydroxyl groups is 1. The van der Waals surface area contributed by atoms with Crippen LogP contribution in [0, 0.1) is 0 Å². The topological polar surface area (TPSA) is 59.1 Å². The molecule has 1 heterocycles. The number of alkyl halides is 5. The van der Waals surface area contributed by atoms with Gasteiger partial charge in [0, 0.05) is 18.3 Å². The van der Waals surface area contributed by atoms with Gasteiger partial charge in [0.25, 0.3) is 6.43 Å². The van der Waals surface area contributed by atoms with E-state index in [2.05, 4.69) is 4.98 Å². The first kappa shape index (κ1) is 13.8. The van der Waals surface area contributed by atoms with Crippen molar-refractivity contribution in [1.82, 2.24) is 4.98 Å². The van der Waals surface area contributed by atoms with E-state index in [1.54, 1.807) is 0 Å². The summed E-state index contributed by atoms with van der Waals surface area (Å²) >= 11 is 0. The van der Waals surface area contributed by atoms with E-state index in [1.165, 1.54) is 0 Å². The second-order valence-corrected chi connectivity index (χ2v) is 3.17. The molecule has 3 nitrogen and oxygen atoms in total. The quantitative estimate of drug-likeness (QED) is 0.813. The maximum atomic E-state index is 12.7. The number of hydrogen-bond acceptors (Lipinski definition) is 3. The number of hydrogen-bond donors (Lipinski definition) is 2. The van der Waals surface area contributed by atoms with Gasteiger partial charge >= 0.3 is 6.18 Å². The Balaban J connectivity index is 3.55. The van der Waals surface area contributed by atoms with Crippen molar-refractivity contribution in [2.75, 3.05) is 0 Å². The molecule has 0 atom stereocenters. The molecule has 0 aliphatic heterocycles. The molecule has 0 aliphatic carbocycles. The Morgan fingerprint density at radius 2 is 1.94 bits per heavy atom. The minimum absolute atomic E-state index is 0.605. The molecule has 1 aromatic heterocycles. The largest absolute Gasteiger partial charge is 0.418 e. The van der Waals surface area contributed by atoms with E-state index in [0.29, 0.717) is 6.20 Å². The summed E-state index contributed by atoms with van der Waals surface area (Å²) in [6.45, 7) is -1.70. The van der Waals surface area contributed by atoms with E-state index in [1.807, 2.05) is 0 Å². The van der Waals surface area contributed by atoms with Gasteiger partial charge in [0.2, 0.25) is 0 Å². The summed E-state index contributed by atoms with van der Waals surface area (Å²) in [6.07, 6.45) is -7.38. The molecule has 0 saturated heterocycles. The highest BCUT2D eigenvalue weighted by atomic mass is 19.4. The summed E-state index contributed by atoms with van der Waals surface area (Å²) in [5.74, 6) is 0. The lowest BCUT2D eigenvalue weighted by Gasteiger charge is -2.17. The van der Waals surface area contributed by atoms with Gasteiger partial charge in [-0.3, -0.25) is 4.98 Å². The van der Waals surface area contributed by atoms with Gasteiger partial charge in [-0.15, -0.1) is 0 Å². The van der Waals surface area contributed by atoms with Crippen LogP contribution in [0.3, 0.4) is 0 Å². The molecule has 1 rings (SSSR count). The molecule has 1 aromatic rings. The van der Waals surface area contributed by atoms with Gasteiger partial charge in [-0.05, 0) is 5.56 Å². The van der Waals surface area contributed by atoms with Crippen LogP contribution in [-0.4, -0.2) is 10.1 Å². The Labute approximate surface area is 93.1 Å². The molecule has 0 amide bonds. The summed E-state index contributed by atoms with van der Waals surface area (Å²) in [7, 11) is 0. The molecule has 3 N–H and O–H groups in total. The van der Waals surface area contributed by atoms with E-state index >= 15 is 0 Å². The number of rotatable bonds is 3. The Kier molecular flexibility index (Phi) is 3.99. The zero-order chi connectivity index (χ0) is 13.2. The monoisotopic (exact) mass is 256 g/mol. The summed E-state index contributed by atoms with van der Waals surface area (Å²) in [5, 5.41) is 8.74. The van der Waals surface area contributed by atoms with Crippen molar-refractivity contribution in [3.05, 3.63) is 28.6 Å². The van der Waals surface area contributed by atoms with Crippen LogP contribution in [0.5, 0.6) is 0 Å². The first-order chi connectivity index (χ1) is 7.82. The minimum atomic E-state index is -4.88. The third-order valence-electron chi connectivity index (χ3n) is 2.17. The molecule has 0 aliphatic rings. The number of halogens is 5. The number of nitrogens with two attached hydrogens (primary N) is 1. The normalized spacial score (nSPS) is 12.2. The van der Waals surface area contributed by atoms with E-state index in [-0.39, 0.29) is 0 Å². The summed E-state index contributed by atoms with van der Waals surface area (Å²) in [5.41, 5.74) is 1.39. The number of aromatic nitrogens is 1. The van der Waals surface area contributed by atoms with Gasteiger partial charge in [-0.2, -0.15) is 13.2 Å². The second kappa shape index (κ2) is 4.92. The lowest BCUT2D eigenvalue weighted by molar-refractivity contribution is -0.139.